The van der Waals surface area contributed by atoms with E-state index in [2.05, 4.69) is 21.9 Å². The summed E-state index contributed by atoms with van der Waals surface area (Å²) in [5.41, 5.74) is 4.29. The van der Waals surface area contributed by atoms with Crippen LogP contribution in [-0.4, -0.2) is 42.6 Å². The van der Waals surface area contributed by atoms with Gasteiger partial charge in [-0.2, -0.15) is 5.10 Å². The lowest BCUT2D eigenvalue weighted by atomic mass is 10.2. The third-order valence-corrected chi connectivity index (χ3v) is 5.01. The summed E-state index contributed by atoms with van der Waals surface area (Å²) in [6, 6.07) is 18.1. The van der Waals surface area contributed by atoms with Gasteiger partial charge in [0.05, 0.1) is 25.0 Å². The highest BCUT2D eigenvalue weighted by atomic mass is 127. The minimum absolute atomic E-state index is 0. The number of benzene rings is 2. The van der Waals surface area contributed by atoms with E-state index < -0.39 is 0 Å². The highest BCUT2D eigenvalue weighted by Crippen LogP contribution is 2.13. The Morgan fingerprint density at radius 2 is 1.82 bits per heavy atom. The molecule has 2 N–H and O–H groups in total. The second-order valence-corrected chi connectivity index (χ2v) is 7.36. The summed E-state index contributed by atoms with van der Waals surface area (Å²) in [6.07, 6.45) is 2.98. The van der Waals surface area contributed by atoms with Crippen molar-refractivity contribution in [1.29, 1.82) is 0 Å². The fourth-order valence-electron chi connectivity index (χ4n) is 3.16. The molecule has 0 saturated carbocycles. The zero-order chi connectivity index (χ0) is 22.6. The van der Waals surface area contributed by atoms with Crippen LogP contribution in [0.1, 0.15) is 30.2 Å². The summed E-state index contributed by atoms with van der Waals surface area (Å²) in [5, 5.41) is 11.5. The van der Waals surface area contributed by atoms with Crippen molar-refractivity contribution in [2.75, 3.05) is 26.9 Å². The van der Waals surface area contributed by atoms with Gasteiger partial charge in [0.2, 0.25) is 0 Å². The van der Waals surface area contributed by atoms with Crippen LogP contribution in [0.3, 0.4) is 0 Å². The van der Waals surface area contributed by atoms with Crippen molar-refractivity contribution in [3.63, 3.8) is 0 Å². The van der Waals surface area contributed by atoms with E-state index in [9.17, 15) is 0 Å². The molecule has 0 spiro atoms. The molecule has 0 amide bonds. The van der Waals surface area contributed by atoms with Gasteiger partial charge in [0.1, 0.15) is 5.75 Å². The molecule has 8 heteroatoms. The van der Waals surface area contributed by atoms with E-state index in [0.717, 1.165) is 60.4 Å². The number of para-hydroxylation sites is 1. The van der Waals surface area contributed by atoms with Crippen LogP contribution in [0.5, 0.6) is 5.75 Å². The average molecular weight is 563 g/mol. The molecule has 0 aliphatic heterocycles. The third kappa shape index (κ3) is 8.70. The molecule has 0 unspecified atom stereocenters. The molecule has 178 valence electrons. The zero-order valence-corrected chi connectivity index (χ0v) is 21.9. The highest BCUT2D eigenvalue weighted by molar-refractivity contribution is 14.0. The first-order chi connectivity index (χ1) is 15.7. The molecule has 0 fully saturated rings. The van der Waals surface area contributed by atoms with Crippen LogP contribution in [-0.2, 0) is 17.8 Å². The van der Waals surface area contributed by atoms with Crippen LogP contribution in [0.15, 0.2) is 65.8 Å². The van der Waals surface area contributed by atoms with Crippen molar-refractivity contribution in [3.8, 4) is 11.4 Å². The molecule has 1 aromatic heterocycles. The van der Waals surface area contributed by atoms with E-state index in [4.69, 9.17) is 14.5 Å². The number of nitrogens with zero attached hydrogens (tertiary/aromatic N) is 3. The molecule has 0 radical (unpaired) electrons. The molecule has 33 heavy (non-hydrogen) atoms. The Morgan fingerprint density at radius 3 is 2.52 bits per heavy atom. The number of hydrogen-bond donors (Lipinski definition) is 2. The average Bonchev–Trinajstić information content (AvgIpc) is 3.21. The number of rotatable bonds is 11. The molecule has 3 rings (SSSR count). The maximum atomic E-state index is 5.43. The number of guanidine groups is 1. The van der Waals surface area contributed by atoms with Crippen molar-refractivity contribution >= 4 is 29.9 Å². The van der Waals surface area contributed by atoms with Crippen molar-refractivity contribution in [1.82, 2.24) is 20.4 Å². The lowest BCUT2D eigenvalue weighted by Gasteiger charge is -2.13. The molecule has 3 aromatic rings. The molecule has 0 atom stereocenters. The fraction of sp³-hybridized carbons (Fsp3) is 0.360. The van der Waals surface area contributed by atoms with E-state index in [1.807, 2.05) is 73.1 Å². The summed E-state index contributed by atoms with van der Waals surface area (Å²) in [7, 11) is 1.67. The SMILES string of the molecule is CCOCCCNC(=NCc1ccc(OC)cc1)NCc1cn(-c2ccccc2)nc1C.I. The van der Waals surface area contributed by atoms with Gasteiger partial charge >= 0.3 is 0 Å². The van der Waals surface area contributed by atoms with E-state index in [1.54, 1.807) is 7.11 Å². The van der Waals surface area contributed by atoms with Crippen molar-refractivity contribution < 1.29 is 9.47 Å². The summed E-state index contributed by atoms with van der Waals surface area (Å²) >= 11 is 0. The monoisotopic (exact) mass is 563 g/mol. The Balaban J connectivity index is 0.00000385. The molecule has 0 saturated heterocycles. The van der Waals surface area contributed by atoms with Crippen molar-refractivity contribution in [2.24, 2.45) is 4.99 Å². The minimum atomic E-state index is 0. The number of halogens is 1. The lowest BCUT2D eigenvalue weighted by molar-refractivity contribution is 0.145. The number of hydrogen-bond acceptors (Lipinski definition) is 4. The predicted octanol–water partition coefficient (Wildman–Crippen LogP) is 4.47. The van der Waals surface area contributed by atoms with Gasteiger partial charge < -0.3 is 20.1 Å². The van der Waals surface area contributed by atoms with Gasteiger partial charge in [0.25, 0.3) is 0 Å². The van der Waals surface area contributed by atoms with Crippen LogP contribution < -0.4 is 15.4 Å². The van der Waals surface area contributed by atoms with E-state index in [1.165, 1.54) is 0 Å². The van der Waals surface area contributed by atoms with E-state index in [0.29, 0.717) is 13.1 Å². The van der Waals surface area contributed by atoms with Crippen LogP contribution in [0, 0.1) is 6.92 Å². The van der Waals surface area contributed by atoms with E-state index >= 15 is 0 Å². The molecular weight excluding hydrogens is 529 g/mol. The van der Waals surface area contributed by atoms with Crippen LogP contribution in [0.4, 0.5) is 0 Å². The van der Waals surface area contributed by atoms with Gasteiger partial charge in [0.15, 0.2) is 5.96 Å². The fourth-order valence-corrected chi connectivity index (χ4v) is 3.16. The van der Waals surface area contributed by atoms with Crippen LogP contribution in [0.2, 0.25) is 0 Å². The molecule has 1 heterocycles. The summed E-state index contributed by atoms with van der Waals surface area (Å²) < 4.78 is 12.6. The number of aliphatic imine (C=N–C) groups is 1. The summed E-state index contributed by atoms with van der Waals surface area (Å²) in [4.78, 5) is 4.76. The maximum Gasteiger partial charge on any atom is 0.191 e. The standard InChI is InChI=1S/C25H33N5O2.HI/c1-4-32-16-8-15-26-25(27-17-21-11-13-24(31-3)14-12-21)28-18-22-19-30(29-20(22)2)23-9-6-5-7-10-23;/h5-7,9-14,19H,4,8,15-18H2,1-3H3,(H2,26,27,28);1H. The minimum Gasteiger partial charge on any atom is -0.497 e. The topological polar surface area (TPSA) is 72.7 Å². The molecular formula is C25H34IN5O2. The van der Waals surface area contributed by atoms with Crippen LogP contribution >= 0.6 is 24.0 Å². The van der Waals surface area contributed by atoms with Gasteiger partial charge in [-0.15, -0.1) is 24.0 Å². The Bertz CT molecular complexity index is 974. The van der Waals surface area contributed by atoms with Crippen molar-refractivity contribution in [2.45, 2.75) is 33.4 Å². The second-order valence-electron chi connectivity index (χ2n) is 7.36. The first kappa shape index (κ1) is 26.7. The smallest absolute Gasteiger partial charge is 0.191 e. The largest absolute Gasteiger partial charge is 0.497 e. The number of nitrogens with one attached hydrogen (secondary N) is 2. The van der Waals surface area contributed by atoms with Crippen molar-refractivity contribution in [3.05, 3.63) is 77.6 Å². The van der Waals surface area contributed by atoms with Crippen LogP contribution in [0.25, 0.3) is 5.69 Å². The predicted molar refractivity (Wildman–Crippen MR) is 144 cm³/mol. The lowest BCUT2D eigenvalue weighted by Crippen LogP contribution is -2.37. The molecule has 0 bridgehead atoms. The van der Waals surface area contributed by atoms with E-state index in [-0.39, 0.29) is 24.0 Å². The number of aromatic nitrogens is 2. The number of ether oxygens (including phenoxy) is 2. The summed E-state index contributed by atoms with van der Waals surface area (Å²) in [6.45, 7) is 7.51. The molecule has 2 aromatic carbocycles. The van der Waals surface area contributed by atoms with Gasteiger partial charge in [-0.05, 0) is 50.1 Å². The summed E-state index contributed by atoms with van der Waals surface area (Å²) in [5.74, 6) is 1.61. The first-order valence-electron chi connectivity index (χ1n) is 11.0. The third-order valence-electron chi connectivity index (χ3n) is 5.01. The molecule has 0 aliphatic carbocycles. The van der Waals surface area contributed by atoms with Gasteiger partial charge in [-0.25, -0.2) is 9.67 Å². The van der Waals surface area contributed by atoms with Gasteiger partial charge in [0, 0.05) is 38.1 Å². The Hall–Kier alpha value is -2.59. The molecule has 7 nitrogen and oxygen atoms in total. The van der Waals surface area contributed by atoms with Gasteiger partial charge in [-0.1, -0.05) is 30.3 Å². The molecule has 0 aliphatic rings. The number of aryl methyl sites for hydroxylation is 1. The quantitative estimate of drug-likeness (QED) is 0.156. The zero-order valence-electron chi connectivity index (χ0n) is 19.6. The van der Waals surface area contributed by atoms with Gasteiger partial charge in [-0.3, -0.25) is 0 Å². The Kier molecular flexibility index (Phi) is 11.7. The maximum absolute atomic E-state index is 5.43. The second kappa shape index (κ2) is 14.5. The normalized spacial score (nSPS) is 11.1. The Labute approximate surface area is 213 Å². The number of methoxy groups -OCH3 is 1. The first-order valence-corrected chi connectivity index (χ1v) is 11.0. The highest BCUT2D eigenvalue weighted by Gasteiger charge is 2.08. The Morgan fingerprint density at radius 1 is 1.06 bits per heavy atom.